The van der Waals surface area contributed by atoms with Crippen molar-refractivity contribution >= 4 is 11.7 Å². The molecule has 0 atom stereocenters. The van der Waals surface area contributed by atoms with E-state index in [1.807, 2.05) is 6.07 Å². The summed E-state index contributed by atoms with van der Waals surface area (Å²) in [4.78, 5) is 22.4. The second-order valence-electron chi connectivity index (χ2n) is 7.65. The number of nitrogens with two attached hydrogens (primary N) is 1. The zero-order valence-electron chi connectivity index (χ0n) is 17.7. The minimum atomic E-state index is -4.52. The van der Waals surface area contributed by atoms with Crippen LogP contribution in [0.4, 0.5) is 19.0 Å². The maximum absolute atomic E-state index is 13.0. The molecule has 0 bridgehead atoms. The van der Waals surface area contributed by atoms with Gasteiger partial charge in [-0.25, -0.2) is 0 Å². The fourth-order valence-electron chi connectivity index (χ4n) is 3.77. The first-order valence-corrected chi connectivity index (χ1v) is 10.2. The zero-order chi connectivity index (χ0) is 23.6. The third-order valence-electron chi connectivity index (χ3n) is 5.58. The largest absolute Gasteiger partial charge is 0.496 e. The Balaban J connectivity index is 1.47. The summed E-state index contributed by atoms with van der Waals surface area (Å²) in [6.45, 7) is 1.06. The van der Waals surface area contributed by atoms with Crippen molar-refractivity contribution < 1.29 is 22.7 Å². The van der Waals surface area contributed by atoms with Crippen molar-refractivity contribution in [2.24, 2.45) is 0 Å². The summed E-state index contributed by atoms with van der Waals surface area (Å²) in [5.74, 6) is 0.635. The fraction of sp³-hybridized carbons (Fsp3) is 0.318. The number of hydrogen-bond donors (Lipinski definition) is 1. The Hall–Kier alpha value is -3.76. The van der Waals surface area contributed by atoms with Gasteiger partial charge in [-0.2, -0.15) is 18.3 Å². The monoisotopic (exact) mass is 458 g/mol. The second kappa shape index (κ2) is 9.00. The molecule has 33 heavy (non-hydrogen) atoms. The molecule has 4 heterocycles. The topological polar surface area (TPSA) is 107 Å². The van der Waals surface area contributed by atoms with Crippen LogP contribution >= 0.6 is 0 Å². The van der Waals surface area contributed by atoms with Gasteiger partial charge >= 0.3 is 6.18 Å². The summed E-state index contributed by atoms with van der Waals surface area (Å²) in [6, 6.07) is 7.24. The van der Waals surface area contributed by atoms with Crippen molar-refractivity contribution in [3.8, 4) is 16.9 Å². The van der Waals surface area contributed by atoms with E-state index >= 15 is 0 Å². The maximum atomic E-state index is 13.0. The SMILES string of the molecule is COc1cc(C(=O)N2CCC(c3ccc(N)nn3)CC2)ncc1-c1ccc(C(F)(F)F)nc1. The molecule has 1 saturated heterocycles. The maximum Gasteiger partial charge on any atom is 0.433 e. The van der Waals surface area contributed by atoms with Crippen LogP contribution < -0.4 is 10.5 Å². The Labute approximate surface area is 187 Å². The van der Waals surface area contributed by atoms with Crippen LogP contribution in [0, 0.1) is 0 Å². The number of amides is 1. The lowest BCUT2D eigenvalue weighted by Gasteiger charge is -2.31. The second-order valence-corrected chi connectivity index (χ2v) is 7.65. The predicted molar refractivity (Wildman–Crippen MR) is 113 cm³/mol. The van der Waals surface area contributed by atoms with E-state index in [9.17, 15) is 18.0 Å². The molecular weight excluding hydrogens is 437 g/mol. The highest BCUT2D eigenvalue weighted by Gasteiger charge is 2.32. The number of ether oxygens (including phenoxy) is 1. The molecule has 1 fully saturated rings. The van der Waals surface area contributed by atoms with E-state index in [2.05, 4.69) is 20.2 Å². The van der Waals surface area contributed by atoms with Crippen LogP contribution in [0.5, 0.6) is 5.75 Å². The van der Waals surface area contributed by atoms with Gasteiger partial charge < -0.3 is 15.4 Å². The van der Waals surface area contributed by atoms with Gasteiger partial charge in [0.05, 0.1) is 12.8 Å². The van der Waals surface area contributed by atoms with Gasteiger partial charge in [0.15, 0.2) is 0 Å². The standard InChI is InChI=1S/C22H21F3N6O2/c1-33-18-10-17(27-12-15(18)14-2-4-19(28-11-14)22(23,24)25)21(32)31-8-6-13(7-9-31)16-3-5-20(26)30-29-16/h2-5,10-13H,6-9H2,1H3,(H2,26,30). The molecule has 8 nitrogen and oxygen atoms in total. The molecule has 1 aliphatic rings. The highest BCUT2D eigenvalue weighted by atomic mass is 19.4. The van der Waals surface area contributed by atoms with Crippen LogP contribution in [0.15, 0.2) is 42.7 Å². The molecule has 4 rings (SSSR count). The third-order valence-corrected chi connectivity index (χ3v) is 5.58. The first kappa shape index (κ1) is 22.4. The summed E-state index contributed by atoms with van der Waals surface area (Å²) in [5, 5.41) is 8.02. The molecule has 0 aliphatic carbocycles. The van der Waals surface area contributed by atoms with Gasteiger partial charge in [-0.3, -0.25) is 14.8 Å². The van der Waals surface area contributed by atoms with E-state index < -0.39 is 11.9 Å². The molecule has 0 unspecified atom stereocenters. The Bertz CT molecular complexity index is 1130. The summed E-state index contributed by atoms with van der Waals surface area (Å²) >= 11 is 0. The lowest BCUT2D eigenvalue weighted by molar-refractivity contribution is -0.141. The average Bonchev–Trinajstić information content (AvgIpc) is 2.83. The molecule has 1 aliphatic heterocycles. The number of piperidine rings is 1. The Morgan fingerprint density at radius 2 is 1.85 bits per heavy atom. The minimum Gasteiger partial charge on any atom is -0.496 e. The molecule has 11 heteroatoms. The fourth-order valence-corrected chi connectivity index (χ4v) is 3.77. The van der Waals surface area contributed by atoms with Crippen molar-refractivity contribution in [3.05, 3.63) is 59.8 Å². The van der Waals surface area contributed by atoms with Crippen molar-refractivity contribution in [2.75, 3.05) is 25.9 Å². The van der Waals surface area contributed by atoms with E-state index in [1.54, 1.807) is 11.0 Å². The molecule has 0 radical (unpaired) electrons. The number of anilines is 1. The number of nitrogen functional groups attached to an aromatic ring is 1. The van der Waals surface area contributed by atoms with E-state index in [-0.39, 0.29) is 17.5 Å². The van der Waals surface area contributed by atoms with Crippen LogP contribution in [-0.2, 0) is 6.18 Å². The van der Waals surface area contributed by atoms with Gasteiger partial charge in [-0.15, -0.1) is 5.10 Å². The molecule has 0 spiro atoms. The number of nitrogens with zero attached hydrogens (tertiary/aromatic N) is 5. The molecule has 3 aromatic rings. The Morgan fingerprint density at radius 3 is 2.42 bits per heavy atom. The Kier molecular flexibility index (Phi) is 6.12. The molecule has 172 valence electrons. The van der Waals surface area contributed by atoms with Gasteiger partial charge in [0, 0.05) is 48.6 Å². The number of carbonyl (C=O) groups is 1. The number of rotatable bonds is 4. The van der Waals surface area contributed by atoms with Crippen LogP contribution in [0.25, 0.3) is 11.1 Å². The molecular formula is C22H21F3N6O2. The van der Waals surface area contributed by atoms with Gasteiger partial charge in [0.1, 0.15) is 23.0 Å². The number of halogens is 3. The predicted octanol–water partition coefficient (Wildman–Crippen LogP) is 3.56. The third kappa shape index (κ3) is 4.86. The van der Waals surface area contributed by atoms with Gasteiger partial charge in [0.2, 0.25) is 0 Å². The zero-order valence-corrected chi connectivity index (χ0v) is 17.7. The normalized spacial score (nSPS) is 14.8. The van der Waals surface area contributed by atoms with Gasteiger partial charge in [0.25, 0.3) is 5.91 Å². The minimum absolute atomic E-state index is 0.194. The molecule has 2 N–H and O–H groups in total. The number of carbonyl (C=O) groups excluding carboxylic acids is 1. The Morgan fingerprint density at radius 1 is 1.09 bits per heavy atom. The number of hydrogen-bond acceptors (Lipinski definition) is 7. The first-order chi connectivity index (χ1) is 15.8. The number of aromatic nitrogens is 4. The first-order valence-electron chi connectivity index (χ1n) is 10.2. The molecule has 3 aromatic heterocycles. The van der Waals surface area contributed by atoms with Crippen molar-refractivity contribution in [1.82, 2.24) is 25.1 Å². The quantitative estimate of drug-likeness (QED) is 0.637. The number of likely N-dealkylation sites (tertiary alicyclic amines) is 1. The van der Waals surface area contributed by atoms with E-state index in [0.717, 1.165) is 30.8 Å². The van der Waals surface area contributed by atoms with Crippen molar-refractivity contribution in [3.63, 3.8) is 0 Å². The number of methoxy groups -OCH3 is 1. The van der Waals surface area contributed by atoms with Gasteiger partial charge in [-0.05, 0) is 31.0 Å². The smallest absolute Gasteiger partial charge is 0.433 e. The highest BCUT2D eigenvalue weighted by molar-refractivity contribution is 5.93. The average molecular weight is 458 g/mol. The number of pyridine rings is 2. The van der Waals surface area contributed by atoms with E-state index in [1.165, 1.54) is 25.4 Å². The summed E-state index contributed by atoms with van der Waals surface area (Å²) in [7, 11) is 1.42. The van der Waals surface area contributed by atoms with Gasteiger partial charge in [-0.1, -0.05) is 6.07 Å². The summed E-state index contributed by atoms with van der Waals surface area (Å²) in [6.07, 6.45) is -0.541. The lowest BCUT2D eigenvalue weighted by Crippen LogP contribution is -2.38. The van der Waals surface area contributed by atoms with Crippen LogP contribution in [-0.4, -0.2) is 51.2 Å². The molecule has 0 saturated carbocycles. The number of alkyl halides is 3. The highest BCUT2D eigenvalue weighted by Crippen LogP contribution is 2.33. The lowest BCUT2D eigenvalue weighted by atomic mass is 9.93. The van der Waals surface area contributed by atoms with Crippen LogP contribution in [0.3, 0.4) is 0 Å². The molecule has 0 aromatic carbocycles. The van der Waals surface area contributed by atoms with Crippen LogP contribution in [0.2, 0.25) is 0 Å². The van der Waals surface area contributed by atoms with E-state index in [4.69, 9.17) is 10.5 Å². The summed E-state index contributed by atoms with van der Waals surface area (Å²) < 4.78 is 43.7. The van der Waals surface area contributed by atoms with Crippen molar-refractivity contribution in [1.29, 1.82) is 0 Å². The summed E-state index contributed by atoms with van der Waals surface area (Å²) in [5.41, 5.74) is 6.49. The van der Waals surface area contributed by atoms with Crippen LogP contribution in [0.1, 0.15) is 40.6 Å². The van der Waals surface area contributed by atoms with E-state index in [0.29, 0.717) is 35.8 Å². The molecule has 1 amide bonds. The van der Waals surface area contributed by atoms with Crippen molar-refractivity contribution in [2.45, 2.75) is 24.9 Å².